The van der Waals surface area contributed by atoms with Crippen LogP contribution in [-0.2, 0) is 4.74 Å². The average Bonchev–Trinajstić information content (AvgIpc) is 3.05. The van der Waals surface area contributed by atoms with Gasteiger partial charge >= 0.3 is 5.97 Å². The first-order valence-electron chi connectivity index (χ1n) is 11.7. The molecule has 34 heavy (non-hydrogen) atoms. The number of carbonyl (C=O) groups is 1. The highest BCUT2D eigenvalue weighted by molar-refractivity contribution is 5.88. The number of benzene rings is 1. The molecule has 1 aromatic carbocycles. The molecule has 0 unspecified atom stereocenters. The summed E-state index contributed by atoms with van der Waals surface area (Å²) in [6.07, 6.45) is 4.04. The van der Waals surface area contributed by atoms with Crippen LogP contribution in [-0.4, -0.2) is 47.2 Å². The number of carboxylic acids is 1. The Morgan fingerprint density at radius 3 is 2.56 bits per heavy atom. The monoisotopic (exact) mass is 470 g/mol. The average molecular weight is 471 g/mol. The second-order valence-corrected chi connectivity index (χ2v) is 10.6. The van der Waals surface area contributed by atoms with Crippen LogP contribution in [0.15, 0.2) is 29.2 Å². The Balaban J connectivity index is 1.91. The Labute approximate surface area is 200 Å². The van der Waals surface area contributed by atoms with Crippen molar-refractivity contribution >= 4 is 5.97 Å². The molecular formula is C26H34N2O6. The van der Waals surface area contributed by atoms with Crippen molar-refractivity contribution < 1.29 is 24.1 Å². The first-order chi connectivity index (χ1) is 15.9. The zero-order valence-electron chi connectivity index (χ0n) is 20.8. The number of aromatic carboxylic acids is 1. The molecule has 184 valence electrons. The quantitative estimate of drug-likeness (QED) is 0.601. The summed E-state index contributed by atoms with van der Waals surface area (Å²) in [5.74, 6) is 0.0271. The number of aromatic nitrogens is 1. The number of hydrogen-bond acceptors (Lipinski definition) is 6. The summed E-state index contributed by atoms with van der Waals surface area (Å²) in [4.78, 5) is 24.4. The van der Waals surface area contributed by atoms with Crippen molar-refractivity contribution in [1.29, 1.82) is 0 Å². The van der Waals surface area contributed by atoms with Crippen molar-refractivity contribution in [2.45, 2.75) is 71.1 Å². The molecule has 0 radical (unpaired) electrons. The maximum absolute atomic E-state index is 12.7. The Hall–Kier alpha value is -3.00. The lowest BCUT2D eigenvalue weighted by molar-refractivity contribution is 0.0694. The van der Waals surface area contributed by atoms with Crippen molar-refractivity contribution in [2.24, 2.45) is 0 Å². The molecular weight excluding hydrogens is 436 g/mol. The van der Waals surface area contributed by atoms with E-state index >= 15 is 0 Å². The fourth-order valence-electron chi connectivity index (χ4n) is 4.92. The molecule has 1 aromatic heterocycles. The number of rotatable bonds is 7. The second-order valence-electron chi connectivity index (χ2n) is 10.6. The van der Waals surface area contributed by atoms with E-state index < -0.39 is 17.0 Å². The summed E-state index contributed by atoms with van der Waals surface area (Å²) >= 11 is 0. The molecule has 2 aliphatic rings. The Bertz CT molecular complexity index is 1160. The van der Waals surface area contributed by atoms with E-state index in [1.807, 2.05) is 37.6 Å². The molecule has 2 aliphatic heterocycles. The summed E-state index contributed by atoms with van der Waals surface area (Å²) in [5.41, 5.74) is 1.13. The van der Waals surface area contributed by atoms with Crippen molar-refractivity contribution in [1.82, 2.24) is 4.68 Å². The molecule has 1 atom stereocenters. The summed E-state index contributed by atoms with van der Waals surface area (Å²) in [6.45, 7) is 11.3. The van der Waals surface area contributed by atoms with Gasteiger partial charge in [-0.05, 0) is 65.2 Å². The predicted molar refractivity (Wildman–Crippen MR) is 130 cm³/mol. The highest BCUT2D eigenvalue weighted by Crippen LogP contribution is 2.50. The third kappa shape index (κ3) is 4.39. The van der Waals surface area contributed by atoms with E-state index in [2.05, 4.69) is 18.9 Å². The zero-order chi connectivity index (χ0) is 24.8. The minimum atomic E-state index is -1.23. The summed E-state index contributed by atoms with van der Waals surface area (Å²) < 4.78 is 19.4. The van der Waals surface area contributed by atoms with Crippen molar-refractivity contribution in [3.05, 3.63) is 45.7 Å². The van der Waals surface area contributed by atoms with Crippen molar-refractivity contribution in [3.8, 4) is 22.8 Å². The van der Waals surface area contributed by atoms with Crippen molar-refractivity contribution in [3.63, 3.8) is 0 Å². The minimum absolute atomic E-state index is 0.0201. The van der Waals surface area contributed by atoms with E-state index in [9.17, 15) is 14.7 Å². The first-order valence-corrected chi connectivity index (χ1v) is 11.7. The summed E-state index contributed by atoms with van der Waals surface area (Å²) in [6, 6.07) is 5.40. The summed E-state index contributed by atoms with van der Waals surface area (Å²) in [5, 5.41) is 11.8. The molecule has 0 aliphatic carbocycles. The third-order valence-corrected chi connectivity index (χ3v) is 6.36. The Morgan fingerprint density at radius 2 is 1.91 bits per heavy atom. The topological polar surface area (TPSA) is 90.2 Å². The fourth-order valence-corrected chi connectivity index (χ4v) is 4.92. The Morgan fingerprint density at radius 1 is 1.18 bits per heavy atom. The highest BCUT2D eigenvalue weighted by atomic mass is 16.5. The lowest BCUT2D eigenvalue weighted by Gasteiger charge is -2.44. The smallest absolute Gasteiger partial charge is 0.341 e. The molecule has 1 saturated heterocycles. The number of fused-ring (bicyclic) bond motifs is 6. The van der Waals surface area contributed by atoms with Crippen LogP contribution < -0.4 is 19.9 Å². The van der Waals surface area contributed by atoms with Gasteiger partial charge < -0.3 is 19.3 Å². The second kappa shape index (κ2) is 8.65. The maximum Gasteiger partial charge on any atom is 0.341 e. The van der Waals surface area contributed by atoms with Gasteiger partial charge in [0.15, 0.2) is 16.9 Å². The van der Waals surface area contributed by atoms with E-state index in [0.29, 0.717) is 30.4 Å². The molecule has 4 rings (SSSR count). The largest absolute Gasteiger partial charge is 0.490 e. The van der Waals surface area contributed by atoms with E-state index in [1.54, 1.807) is 7.11 Å². The SMILES string of the molecule is COCCCOc1cc2c(cc1OC(C)(C)C)-c1cc(=O)c(C(=O)O)cn1N1[C@@H]2CCC1(C)C. The molecule has 1 N–H and O–H groups in total. The Kier molecular flexibility index (Phi) is 6.14. The molecule has 0 amide bonds. The number of carboxylic acid groups (broad SMARTS) is 1. The van der Waals surface area contributed by atoms with Crippen LogP contribution in [0.5, 0.6) is 11.5 Å². The van der Waals surface area contributed by atoms with Crippen molar-refractivity contribution in [2.75, 3.05) is 25.3 Å². The number of nitrogens with zero attached hydrogens (tertiary/aromatic N) is 2. The first kappa shape index (κ1) is 24.1. The van der Waals surface area contributed by atoms with Crippen LogP contribution >= 0.6 is 0 Å². The van der Waals surface area contributed by atoms with Gasteiger partial charge in [0.05, 0.1) is 23.9 Å². The molecule has 8 heteroatoms. The zero-order valence-corrected chi connectivity index (χ0v) is 20.8. The van der Waals surface area contributed by atoms with E-state index in [4.69, 9.17) is 14.2 Å². The van der Waals surface area contributed by atoms with E-state index in [-0.39, 0.29) is 17.1 Å². The molecule has 2 aromatic rings. The van der Waals surface area contributed by atoms with Gasteiger partial charge in [-0.15, -0.1) is 0 Å². The van der Waals surface area contributed by atoms with Gasteiger partial charge in [-0.25, -0.2) is 4.79 Å². The van der Waals surface area contributed by atoms with Crippen LogP contribution in [0.1, 0.15) is 75.8 Å². The third-order valence-electron chi connectivity index (χ3n) is 6.36. The normalized spacial score (nSPS) is 18.2. The lowest BCUT2D eigenvalue weighted by atomic mass is 9.93. The molecule has 0 bridgehead atoms. The fraction of sp³-hybridized carbons (Fsp3) is 0.538. The molecule has 0 saturated carbocycles. The van der Waals surface area contributed by atoms with Gasteiger partial charge in [0.1, 0.15) is 11.2 Å². The van der Waals surface area contributed by atoms with E-state index in [0.717, 1.165) is 30.4 Å². The molecule has 8 nitrogen and oxygen atoms in total. The minimum Gasteiger partial charge on any atom is -0.490 e. The predicted octanol–water partition coefficient (Wildman–Crippen LogP) is 4.37. The molecule has 3 heterocycles. The number of methoxy groups -OCH3 is 1. The maximum atomic E-state index is 12.7. The van der Waals surface area contributed by atoms with Gasteiger partial charge in [-0.1, -0.05) is 0 Å². The van der Waals surface area contributed by atoms with Crippen LogP contribution in [0.4, 0.5) is 0 Å². The van der Waals surface area contributed by atoms with E-state index in [1.165, 1.54) is 12.3 Å². The molecule has 0 spiro atoms. The number of hydrogen-bond donors (Lipinski definition) is 1. The van der Waals surface area contributed by atoms with Crippen LogP contribution in [0.3, 0.4) is 0 Å². The summed E-state index contributed by atoms with van der Waals surface area (Å²) in [7, 11) is 1.67. The number of pyridine rings is 1. The van der Waals surface area contributed by atoms with Crippen LogP contribution in [0.2, 0.25) is 0 Å². The van der Waals surface area contributed by atoms with Crippen LogP contribution in [0.25, 0.3) is 11.3 Å². The van der Waals surface area contributed by atoms with Gasteiger partial charge in [0.2, 0.25) is 0 Å². The van der Waals surface area contributed by atoms with Gasteiger partial charge in [-0.3, -0.25) is 14.5 Å². The van der Waals surface area contributed by atoms with Gasteiger partial charge in [0.25, 0.3) is 0 Å². The number of ether oxygens (including phenoxy) is 3. The van der Waals surface area contributed by atoms with Gasteiger partial charge in [-0.2, -0.15) is 0 Å². The molecule has 1 fully saturated rings. The van der Waals surface area contributed by atoms with Gasteiger partial charge in [0, 0.05) is 38.0 Å². The standard InChI is InChI=1S/C26H34N2O6/c1-25(2,3)34-23-13-17-16(12-22(23)33-11-7-10-32-6)19-8-9-26(4,5)28(19)27-15-18(24(30)31)21(29)14-20(17)27/h12-15,19H,7-11H2,1-6H3,(H,30,31)/t19-/m1/s1. The van der Waals surface area contributed by atoms with Crippen LogP contribution in [0, 0.1) is 0 Å². The highest BCUT2D eigenvalue weighted by Gasteiger charge is 2.45. The lowest BCUT2D eigenvalue weighted by Crippen LogP contribution is -2.50.